The van der Waals surface area contributed by atoms with Gasteiger partial charge in [-0.1, -0.05) is 42.1 Å². The monoisotopic (exact) mass is 457 g/mol. The van der Waals surface area contributed by atoms with Gasteiger partial charge in [0.1, 0.15) is 6.61 Å². The maximum Gasteiger partial charge on any atom is 0.321 e. The van der Waals surface area contributed by atoms with Gasteiger partial charge in [0.25, 0.3) is 0 Å². The van der Waals surface area contributed by atoms with E-state index in [0.29, 0.717) is 11.0 Å². The highest BCUT2D eigenvalue weighted by Gasteiger charge is 2.19. The molecule has 3 aromatic rings. The smallest absolute Gasteiger partial charge is 0.321 e. The Morgan fingerprint density at radius 2 is 1.75 bits per heavy atom. The van der Waals surface area contributed by atoms with Crippen molar-refractivity contribution in [1.82, 2.24) is 25.4 Å². The summed E-state index contributed by atoms with van der Waals surface area (Å²) in [4.78, 5) is 24.1. The minimum atomic E-state index is -0.563. The highest BCUT2D eigenvalue weighted by Crippen LogP contribution is 2.23. The van der Waals surface area contributed by atoms with Crippen LogP contribution in [-0.2, 0) is 11.4 Å². The quantitative estimate of drug-likeness (QED) is 0.525. The molecule has 0 aliphatic rings. The predicted octanol–water partition coefficient (Wildman–Crippen LogP) is 3.70. The van der Waals surface area contributed by atoms with E-state index in [2.05, 4.69) is 20.8 Å². The van der Waals surface area contributed by atoms with E-state index in [-0.39, 0.29) is 18.1 Å². The van der Waals surface area contributed by atoms with Crippen LogP contribution in [-0.4, -0.2) is 38.0 Å². The third kappa shape index (κ3) is 6.55. The molecule has 3 rings (SSSR count). The molecule has 0 saturated heterocycles. The molecule has 0 aliphatic carbocycles. The zero-order chi connectivity index (χ0) is 23.1. The Hall–Kier alpha value is -3.40. The van der Waals surface area contributed by atoms with Crippen molar-refractivity contribution in [2.45, 2.75) is 38.1 Å². The van der Waals surface area contributed by atoms with Crippen molar-refractivity contribution in [2.75, 3.05) is 5.75 Å². The lowest BCUT2D eigenvalue weighted by Crippen LogP contribution is -2.48. The van der Waals surface area contributed by atoms with Crippen molar-refractivity contribution >= 4 is 23.7 Å². The Morgan fingerprint density at radius 3 is 2.44 bits per heavy atom. The van der Waals surface area contributed by atoms with Gasteiger partial charge in [-0.3, -0.25) is 14.7 Å². The Morgan fingerprint density at radius 1 is 1.06 bits per heavy atom. The Labute approximate surface area is 189 Å². The summed E-state index contributed by atoms with van der Waals surface area (Å²) in [6, 6.07) is 14.8. The van der Waals surface area contributed by atoms with Gasteiger partial charge in [0.05, 0.1) is 5.75 Å². The number of nitrogens with zero attached hydrogens (tertiary/aromatic N) is 3. The predicted molar refractivity (Wildman–Crippen MR) is 119 cm³/mol. The van der Waals surface area contributed by atoms with Crippen LogP contribution < -0.4 is 15.4 Å². The molecule has 32 heavy (non-hydrogen) atoms. The van der Waals surface area contributed by atoms with Crippen molar-refractivity contribution in [1.29, 1.82) is 0 Å². The third-order valence-corrected chi connectivity index (χ3v) is 4.91. The van der Waals surface area contributed by atoms with Crippen LogP contribution in [0.1, 0.15) is 26.6 Å². The number of aromatic nitrogens is 3. The Bertz CT molecular complexity index is 1080. The molecule has 2 N–H and O–H groups in total. The molecular weight excluding hydrogens is 433 g/mol. The van der Waals surface area contributed by atoms with Gasteiger partial charge in [-0.05, 0) is 45.0 Å². The topological polar surface area (TPSA) is 98.1 Å². The van der Waals surface area contributed by atoms with Crippen LogP contribution >= 0.6 is 11.8 Å². The van der Waals surface area contributed by atoms with Crippen molar-refractivity contribution in [2.24, 2.45) is 0 Å². The van der Waals surface area contributed by atoms with Crippen LogP contribution in [0.25, 0.3) is 5.69 Å². The standard InChI is InChI=1S/C22H24FN5O3S/c1-22(2,3)25-20(30)24-19(29)14-32-21-27-26-18(28(21)15-9-5-4-6-10-15)13-31-17-12-8-7-11-16(17)23/h4-12H,13-14H2,1-3H3,(H2,24,25,29,30). The number of carbonyl (C=O) groups is 2. The summed E-state index contributed by atoms with van der Waals surface area (Å²) in [5.74, 6) is -0.445. The van der Waals surface area contributed by atoms with Crippen molar-refractivity contribution < 1.29 is 18.7 Å². The summed E-state index contributed by atoms with van der Waals surface area (Å²) in [6.45, 7) is 5.43. The Balaban J connectivity index is 1.72. The number of para-hydroxylation sites is 2. The van der Waals surface area contributed by atoms with E-state index in [1.165, 1.54) is 12.1 Å². The molecule has 1 heterocycles. The summed E-state index contributed by atoms with van der Waals surface area (Å²) in [6.07, 6.45) is 0. The maximum atomic E-state index is 13.9. The first-order valence-electron chi connectivity index (χ1n) is 9.85. The molecule has 0 spiro atoms. The highest BCUT2D eigenvalue weighted by atomic mass is 32.2. The minimum absolute atomic E-state index is 0.0242. The number of urea groups is 1. The summed E-state index contributed by atoms with van der Waals surface area (Å²) < 4.78 is 21.2. The van der Waals surface area contributed by atoms with Crippen molar-refractivity contribution in [3.63, 3.8) is 0 Å². The molecular formula is C22H24FN5O3S. The second-order valence-electron chi connectivity index (χ2n) is 7.83. The van der Waals surface area contributed by atoms with Gasteiger partial charge >= 0.3 is 6.03 Å². The van der Waals surface area contributed by atoms with E-state index < -0.39 is 23.3 Å². The molecule has 0 aliphatic heterocycles. The number of hydrogen-bond donors (Lipinski definition) is 2. The van der Waals surface area contributed by atoms with Crippen LogP contribution in [0.3, 0.4) is 0 Å². The first-order valence-corrected chi connectivity index (χ1v) is 10.8. The zero-order valence-corrected chi connectivity index (χ0v) is 18.8. The number of ether oxygens (including phenoxy) is 1. The van der Waals surface area contributed by atoms with Gasteiger partial charge in [0.15, 0.2) is 22.5 Å². The number of thioether (sulfide) groups is 1. The van der Waals surface area contributed by atoms with Crippen molar-refractivity contribution in [3.8, 4) is 11.4 Å². The van der Waals surface area contributed by atoms with Crippen LogP contribution in [0, 0.1) is 5.82 Å². The number of imide groups is 1. The second kappa shape index (κ2) is 10.3. The van der Waals surface area contributed by atoms with E-state index in [1.54, 1.807) is 16.7 Å². The van der Waals surface area contributed by atoms with Gasteiger partial charge in [-0.2, -0.15) is 0 Å². The lowest BCUT2D eigenvalue weighted by atomic mass is 10.1. The number of rotatable bonds is 7. The number of nitrogens with one attached hydrogen (secondary N) is 2. The number of carbonyl (C=O) groups excluding carboxylic acids is 2. The van der Waals surface area contributed by atoms with Gasteiger partial charge in [-0.15, -0.1) is 10.2 Å². The van der Waals surface area contributed by atoms with Crippen LogP contribution in [0.5, 0.6) is 5.75 Å². The van der Waals surface area contributed by atoms with Gasteiger partial charge in [0.2, 0.25) is 5.91 Å². The summed E-state index contributed by atoms with van der Waals surface area (Å²) in [5, 5.41) is 13.7. The molecule has 0 fully saturated rings. The van der Waals surface area contributed by atoms with E-state index in [4.69, 9.17) is 4.74 Å². The van der Waals surface area contributed by atoms with E-state index >= 15 is 0 Å². The lowest BCUT2D eigenvalue weighted by Gasteiger charge is -2.20. The first kappa shape index (κ1) is 23.3. The minimum Gasteiger partial charge on any atom is -0.483 e. The van der Waals surface area contributed by atoms with Gasteiger partial charge in [-0.25, -0.2) is 9.18 Å². The molecule has 0 atom stereocenters. The Kier molecular flexibility index (Phi) is 7.47. The van der Waals surface area contributed by atoms with Gasteiger partial charge < -0.3 is 10.1 Å². The van der Waals surface area contributed by atoms with Crippen LogP contribution in [0.2, 0.25) is 0 Å². The third-order valence-electron chi connectivity index (χ3n) is 3.98. The molecule has 0 radical (unpaired) electrons. The first-order chi connectivity index (χ1) is 15.2. The average Bonchev–Trinajstić information content (AvgIpc) is 3.13. The summed E-state index contributed by atoms with van der Waals surface area (Å²) in [7, 11) is 0. The number of amides is 3. The number of halogens is 1. The molecule has 168 valence electrons. The highest BCUT2D eigenvalue weighted by molar-refractivity contribution is 7.99. The molecule has 0 bridgehead atoms. The molecule has 0 saturated carbocycles. The maximum absolute atomic E-state index is 13.9. The van der Waals surface area contributed by atoms with Gasteiger partial charge in [0, 0.05) is 11.2 Å². The average molecular weight is 458 g/mol. The van der Waals surface area contributed by atoms with E-state index in [0.717, 1.165) is 17.4 Å². The van der Waals surface area contributed by atoms with E-state index in [1.807, 2.05) is 51.1 Å². The fourth-order valence-electron chi connectivity index (χ4n) is 2.69. The van der Waals surface area contributed by atoms with Crippen molar-refractivity contribution in [3.05, 3.63) is 66.2 Å². The molecule has 8 nitrogen and oxygen atoms in total. The number of hydrogen-bond acceptors (Lipinski definition) is 6. The molecule has 2 aromatic carbocycles. The zero-order valence-electron chi connectivity index (χ0n) is 18.0. The largest absolute Gasteiger partial charge is 0.483 e. The fraction of sp³-hybridized carbons (Fsp3) is 0.273. The molecule has 1 aromatic heterocycles. The van der Waals surface area contributed by atoms with Crippen LogP contribution in [0.15, 0.2) is 59.8 Å². The summed E-state index contributed by atoms with van der Waals surface area (Å²) in [5.41, 5.74) is 0.302. The second-order valence-corrected chi connectivity index (χ2v) is 8.77. The van der Waals surface area contributed by atoms with E-state index in [9.17, 15) is 14.0 Å². The molecule has 10 heteroatoms. The SMILES string of the molecule is CC(C)(C)NC(=O)NC(=O)CSc1nnc(COc2ccccc2F)n1-c1ccccc1. The number of benzene rings is 2. The van der Waals surface area contributed by atoms with Crippen LogP contribution in [0.4, 0.5) is 9.18 Å². The lowest BCUT2D eigenvalue weighted by molar-refractivity contribution is -0.117. The summed E-state index contributed by atoms with van der Waals surface area (Å²) >= 11 is 1.12. The fourth-order valence-corrected chi connectivity index (χ4v) is 3.46. The normalized spacial score (nSPS) is 11.1. The molecule has 0 unspecified atom stereocenters. The molecule has 3 amide bonds.